The summed E-state index contributed by atoms with van der Waals surface area (Å²) in [5.41, 5.74) is 6.94. The molecule has 3 aromatic rings. The van der Waals surface area contributed by atoms with Gasteiger partial charge in [0, 0.05) is 5.92 Å². The van der Waals surface area contributed by atoms with Crippen molar-refractivity contribution >= 4 is 16.8 Å². The van der Waals surface area contributed by atoms with Crippen LogP contribution in [0.1, 0.15) is 36.8 Å². The molecule has 0 amide bonds. The van der Waals surface area contributed by atoms with Crippen LogP contribution in [0.4, 0.5) is 0 Å². The van der Waals surface area contributed by atoms with E-state index >= 15 is 0 Å². The van der Waals surface area contributed by atoms with Crippen molar-refractivity contribution < 1.29 is 0 Å². The monoisotopic (exact) mass is 336 g/mol. The largest absolute Gasteiger partial charge is 0.0992 e. The summed E-state index contributed by atoms with van der Waals surface area (Å²) in [7, 11) is 0. The lowest BCUT2D eigenvalue weighted by molar-refractivity contribution is 0.351. The maximum atomic E-state index is 4.50. The highest BCUT2D eigenvalue weighted by Gasteiger charge is 2.34. The van der Waals surface area contributed by atoms with Gasteiger partial charge in [-0.05, 0) is 63.8 Å². The van der Waals surface area contributed by atoms with E-state index in [-0.39, 0.29) is 0 Å². The first kappa shape index (κ1) is 15.6. The number of hydrogen-bond donors (Lipinski definition) is 0. The molecule has 3 unspecified atom stereocenters. The van der Waals surface area contributed by atoms with Crippen molar-refractivity contribution in [3.63, 3.8) is 0 Å². The molecule has 0 N–H and O–H groups in total. The van der Waals surface area contributed by atoms with E-state index in [9.17, 15) is 0 Å². The number of rotatable bonds is 1. The van der Waals surface area contributed by atoms with Crippen molar-refractivity contribution in [3.8, 4) is 11.1 Å². The molecule has 26 heavy (non-hydrogen) atoms. The van der Waals surface area contributed by atoms with Crippen molar-refractivity contribution in [2.45, 2.75) is 25.7 Å². The molecule has 1 saturated carbocycles. The summed E-state index contributed by atoms with van der Waals surface area (Å²) in [5.74, 6) is 1.81. The molecule has 0 spiro atoms. The third-order valence-corrected chi connectivity index (χ3v) is 6.20. The number of allylic oxidation sites excluding steroid dienone is 2. The Hall–Kier alpha value is -2.60. The van der Waals surface area contributed by atoms with Crippen molar-refractivity contribution in [1.82, 2.24) is 0 Å². The summed E-state index contributed by atoms with van der Waals surface area (Å²) in [6.07, 6.45) is 7.25. The average molecular weight is 336 g/mol. The first-order chi connectivity index (χ1) is 12.7. The van der Waals surface area contributed by atoms with Gasteiger partial charge in [-0.1, -0.05) is 85.8 Å². The van der Waals surface area contributed by atoms with Crippen molar-refractivity contribution in [2.24, 2.45) is 11.8 Å². The summed E-state index contributed by atoms with van der Waals surface area (Å²) in [6.45, 7) is 6.86. The lowest BCUT2D eigenvalue weighted by Crippen LogP contribution is -2.25. The summed E-state index contributed by atoms with van der Waals surface area (Å²) in [4.78, 5) is 0. The lowest BCUT2D eigenvalue weighted by atomic mass is 9.65. The van der Waals surface area contributed by atoms with Gasteiger partial charge in [0.25, 0.3) is 0 Å². The second-order valence-electron chi connectivity index (χ2n) is 8.04. The fourth-order valence-corrected chi connectivity index (χ4v) is 5.14. The lowest BCUT2D eigenvalue weighted by Gasteiger charge is -2.39. The molecule has 0 nitrogen and oxygen atoms in total. The minimum Gasteiger partial charge on any atom is -0.0992 e. The first-order valence-electron chi connectivity index (χ1n) is 9.69. The normalized spacial score (nSPS) is 24.3. The Kier molecular flexibility index (Phi) is 3.60. The third-order valence-electron chi connectivity index (χ3n) is 6.20. The molecule has 0 bridgehead atoms. The van der Waals surface area contributed by atoms with Gasteiger partial charge >= 0.3 is 0 Å². The molecule has 0 aliphatic heterocycles. The van der Waals surface area contributed by atoms with Crippen LogP contribution >= 0.6 is 0 Å². The van der Waals surface area contributed by atoms with Gasteiger partial charge in [-0.25, -0.2) is 0 Å². The third kappa shape index (κ3) is 2.36. The van der Waals surface area contributed by atoms with Crippen LogP contribution in [-0.4, -0.2) is 0 Å². The molecule has 0 saturated heterocycles. The van der Waals surface area contributed by atoms with E-state index in [1.165, 1.54) is 45.0 Å². The number of fused-ring (bicyclic) bond motifs is 5. The van der Waals surface area contributed by atoms with Crippen molar-refractivity contribution in [2.75, 3.05) is 0 Å². The number of hydrogen-bond acceptors (Lipinski definition) is 0. The van der Waals surface area contributed by atoms with Crippen LogP contribution in [0, 0.1) is 11.8 Å². The summed E-state index contributed by atoms with van der Waals surface area (Å²) in [6, 6.07) is 22.1. The number of benzene rings is 3. The molecular weight excluding hydrogens is 312 g/mol. The highest BCUT2D eigenvalue weighted by Crippen LogP contribution is 2.50. The molecule has 0 heteroatoms. The Balaban J connectivity index is 1.80. The van der Waals surface area contributed by atoms with E-state index < -0.39 is 0 Å². The summed E-state index contributed by atoms with van der Waals surface area (Å²) >= 11 is 0. The Bertz CT molecular complexity index is 1020. The Morgan fingerprint density at radius 2 is 1.65 bits per heavy atom. The van der Waals surface area contributed by atoms with E-state index in [1.54, 1.807) is 0 Å². The highest BCUT2D eigenvalue weighted by molar-refractivity contribution is 6.02. The van der Waals surface area contributed by atoms with E-state index in [0.29, 0.717) is 11.8 Å². The van der Waals surface area contributed by atoms with Gasteiger partial charge < -0.3 is 0 Å². The molecule has 2 aliphatic carbocycles. The topological polar surface area (TPSA) is 0 Å². The molecule has 1 fully saturated rings. The maximum absolute atomic E-state index is 4.50. The van der Waals surface area contributed by atoms with Gasteiger partial charge in [0.05, 0.1) is 0 Å². The van der Waals surface area contributed by atoms with E-state index in [1.807, 2.05) is 0 Å². The van der Waals surface area contributed by atoms with Crippen LogP contribution in [0.15, 0.2) is 78.9 Å². The molecule has 3 atom stereocenters. The minimum absolute atomic E-state index is 0.471. The summed E-state index contributed by atoms with van der Waals surface area (Å²) < 4.78 is 0. The van der Waals surface area contributed by atoms with Crippen LogP contribution in [0.2, 0.25) is 0 Å². The van der Waals surface area contributed by atoms with Crippen LogP contribution in [0.5, 0.6) is 0 Å². The average Bonchev–Trinajstić information content (AvgIpc) is 2.67. The zero-order valence-corrected chi connectivity index (χ0v) is 15.3. The fraction of sp³-hybridized carbons (Fsp3) is 0.231. The van der Waals surface area contributed by atoms with E-state index in [0.717, 1.165) is 12.3 Å². The Labute approximate surface area is 155 Å². The van der Waals surface area contributed by atoms with Gasteiger partial charge in [-0.2, -0.15) is 0 Å². The molecule has 2 aliphatic rings. The SMILES string of the molecule is C=C1CC(C)CC2C=Cc3c(cc(-c4ccccc4)c4ccccc34)C12. The van der Waals surface area contributed by atoms with E-state index in [4.69, 9.17) is 0 Å². The predicted octanol–water partition coefficient (Wildman–Crippen LogP) is 7.22. The van der Waals surface area contributed by atoms with Crippen LogP contribution in [-0.2, 0) is 0 Å². The zero-order valence-electron chi connectivity index (χ0n) is 15.3. The first-order valence-corrected chi connectivity index (χ1v) is 9.69. The highest BCUT2D eigenvalue weighted by atomic mass is 14.4. The van der Waals surface area contributed by atoms with Crippen LogP contribution in [0.3, 0.4) is 0 Å². The maximum Gasteiger partial charge on any atom is 0.0115 e. The standard InChI is InChI=1S/C26H24/c1-17-14-18(2)26-20(15-17)12-13-23-21-10-6-7-11-22(21)24(16-25(23)26)19-8-4-3-5-9-19/h3-13,16-17,20,26H,2,14-15H2,1H3. The van der Waals surface area contributed by atoms with Crippen molar-refractivity contribution in [3.05, 3.63) is 90.0 Å². The quantitative estimate of drug-likeness (QED) is 0.411. The van der Waals surface area contributed by atoms with Crippen LogP contribution < -0.4 is 0 Å². The van der Waals surface area contributed by atoms with Gasteiger partial charge in [-0.3, -0.25) is 0 Å². The molecule has 128 valence electrons. The van der Waals surface area contributed by atoms with Gasteiger partial charge in [0.1, 0.15) is 0 Å². The molecule has 5 rings (SSSR count). The van der Waals surface area contributed by atoms with Gasteiger partial charge in [0.15, 0.2) is 0 Å². The minimum atomic E-state index is 0.471. The van der Waals surface area contributed by atoms with Crippen LogP contribution in [0.25, 0.3) is 28.0 Å². The second kappa shape index (κ2) is 5.99. The van der Waals surface area contributed by atoms with Gasteiger partial charge in [-0.15, -0.1) is 0 Å². The molecule has 0 radical (unpaired) electrons. The predicted molar refractivity (Wildman–Crippen MR) is 112 cm³/mol. The zero-order chi connectivity index (χ0) is 17.7. The Morgan fingerprint density at radius 1 is 0.923 bits per heavy atom. The Morgan fingerprint density at radius 3 is 2.46 bits per heavy atom. The van der Waals surface area contributed by atoms with Gasteiger partial charge in [0.2, 0.25) is 0 Å². The molecule has 0 heterocycles. The molecule has 3 aromatic carbocycles. The summed E-state index contributed by atoms with van der Waals surface area (Å²) in [5, 5.41) is 2.71. The fourth-order valence-electron chi connectivity index (χ4n) is 5.14. The van der Waals surface area contributed by atoms with Crippen molar-refractivity contribution in [1.29, 1.82) is 0 Å². The molecular formula is C26H24. The second-order valence-corrected chi connectivity index (χ2v) is 8.04. The van der Waals surface area contributed by atoms with E-state index in [2.05, 4.69) is 86.3 Å². The molecule has 0 aromatic heterocycles. The smallest absolute Gasteiger partial charge is 0.0115 e.